The predicted octanol–water partition coefficient (Wildman–Crippen LogP) is 5.20. The maximum absolute atomic E-state index is 12.6. The van der Waals surface area contributed by atoms with Gasteiger partial charge in [-0.05, 0) is 30.3 Å². The van der Waals surface area contributed by atoms with E-state index in [1.54, 1.807) is 18.2 Å². The molecule has 0 saturated heterocycles. The SMILES string of the molecule is N#C/C(=C/Nc1cccc([N+](=O)[O-])c1)C(=O)Nc1ccccc1Sc1ccccc1. The van der Waals surface area contributed by atoms with Gasteiger partial charge in [-0.2, -0.15) is 5.26 Å². The zero-order chi connectivity index (χ0) is 21.3. The van der Waals surface area contributed by atoms with Crippen molar-refractivity contribution in [2.24, 2.45) is 0 Å². The van der Waals surface area contributed by atoms with Crippen molar-refractivity contribution in [3.05, 3.63) is 101 Å². The van der Waals surface area contributed by atoms with E-state index in [1.807, 2.05) is 48.5 Å². The predicted molar refractivity (Wildman–Crippen MR) is 116 cm³/mol. The molecule has 0 heterocycles. The van der Waals surface area contributed by atoms with Gasteiger partial charge in [0, 0.05) is 33.8 Å². The van der Waals surface area contributed by atoms with Crippen LogP contribution in [0, 0.1) is 21.4 Å². The molecular formula is C22H16N4O3S. The third-order valence-electron chi connectivity index (χ3n) is 3.91. The quantitative estimate of drug-likeness (QED) is 0.237. The fourth-order valence-corrected chi connectivity index (χ4v) is 3.40. The highest BCUT2D eigenvalue weighted by atomic mass is 32.2. The van der Waals surface area contributed by atoms with E-state index in [4.69, 9.17) is 0 Å². The van der Waals surface area contributed by atoms with Crippen LogP contribution in [0.15, 0.2) is 100 Å². The Hall–Kier alpha value is -4.09. The summed E-state index contributed by atoms with van der Waals surface area (Å²) in [4.78, 5) is 24.8. The number of nitriles is 1. The Morgan fingerprint density at radius 1 is 1.03 bits per heavy atom. The van der Waals surface area contributed by atoms with E-state index < -0.39 is 10.8 Å². The molecule has 8 heteroatoms. The zero-order valence-corrected chi connectivity index (χ0v) is 16.4. The number of amides is 1. The van der Waals surface area contributed by atoms with Gasteiger partial charge in [-0.3, -0.25) is 14.9 Å². The number of nitrogens with zero attached hydrogens (tertiary/aromatic N) is 2. The number of benzene rings is 3. The number of non-ortho nitro benzene ring substituents is 1. The van der Waals surface area contributed by atoms with E-state index in [0.29, 0.717) is 11.4 Å². The Morgan fingerprint density at radius 3 is 2.50 bits per heavy atom. The highest BCUT2D eigenvalue weighted by molar-refractivity contribution is 7.99. The lowest BCUT2D eigenvalue weighted by Gasteiger charge is -2.10. The van der Waals surface area contributed by atoms with Crippen molar-refractivity contribution in [1.29, 1.82) is 5.26 Å². The van der Waals surface area contributed by atoms with E-state index in [1.165, 1.54) is 36.2 Å². The molecule has 1 amide bonds. The van der Waals surface area contributed by atoms with Crippen LogP contribution in [-0.2, 0) is 4.79 Å². The fraction of sp³-hybridized carbons (Fsp3) is 0. The van der Waals surface area contributed by atoms with E-state index in [2.05, 4.69) is 10.6 Å². The van der Waals surface area contributed by atoms with Crippen molar-refractivity contribution in [3.8, 4) is 6.07 Å². The molecule has 7 nitrogen and oxygen atoms in total. The molecule has 2 N–H and O–H groups in total. The summed E-state index contributed by atoms with van der Waals surface area (Å²) < 4.78 is 0. The summed E-state index contributed by atoms with van der Waals surface area (Å²) in [6.45, 7) is 0. The number of nitro benzene ring substituents is 1. The lowest BCUT2D eigenvalue weighted by atomic mass is 10.2. The minimum Gasteiger partial charge on any atom is -0.360 e. The van der Waals surface area contributed by atoms with Crippen LogP contribution in [0.3, 0.4) is 0 Å². The van der Waals surface area contributed by atoms with Crippen molar-refractivity contribution < 1.29 is 9.72 Å². The average molecular weight is 416 g/mol. The molecule has 0 spiro atoms. The van der Waals surface area contributed by atoms with Crippen molar-refractivity contribution >= 4 is 34.7 Å². The Balaban J connectivity index is 1.74. The van der Waals surface area contributed by atoms with Crippen LogP contribution in [0.4, 0.5) is 17.1 Å². The number of rotatable bonds is 7. The number of anilines is 2. The monoisotopic (exact) mass is 416 g/mol. The summed E-state index contributed by atoms with van der Waals surface area (Å²) in [5.41, 5.74) is 0.710. The normalized spacial score (nSPS) is 10.7. The molecule has 0 aromatic heterocycles. The zero-order valence-electron chi connectivity index (χ0n) is 15.6. The largest absolute Gasteiger partial charge is 0.360 e. The van der Waals surface area contributed by atoms with Crippen molar-refractivity contribution in [3.63, 3.8) is 0 Å². The fourth-order valence-electron chi connectivity index (χ4n) is 2.48. The molecule has 3 rings (SSSR count). The minimum absolute atomic E-state index is 0.0942. The van der Waals surface area contributed by atoms with E-state index >= 15 is 0 Å². The first-order chi connectivity index (χ1) is 14.6. The highest BCUT2D eigenvalue weighted by Crippen LogP contribution is 2.33. The molecule has 0 bridgehead atoms. The summed E-state index contributed by atoms with van der Waals surface area (Å²) in [5.74, 6) is -0.587. The van der Waals surface area contributed by atoms with Crippen LogP contribution in [0.2, 0.25) is 0 Å². The second-order valence-corrected chi connectivity index (χ2v) is 7.10. The Morgan fingerprint density at radius 2 is 1.77 bits per heavy atom. The molecule has 0 aliphatic rings. The van der Waals surface area contributed by atoms with Gasteiger partial charge in [-0.1, -0.05) is 48.2 Å². The molecule has 0 radical (unpaired) electrons. The summed E-state index contributed by atoms with van der Waals surface area (Å²) in [6.07, 6.45) is 1.22. The molecule has 0 saturated carbocycles. The number of carbonyl (C=O) groups excluding carboxylic acids is 1. The van der Waals surface area contributed by atoms with Crippen molar-refractivity contribution in [2.75, 3.05) is 10.6 Å². The number of para-hydroxylation sites is 1. The average Bonchev–Trinajstić information content (AvgIpc) is 2.76. The molecule has 0 aliphatic heterocycles. The summed E-state index contributed by atoms with van der Waals surface area (Å²) in [7, 11) is 0. The van der Waals surface area contributed by atoms with Gasteiger partial charge in [0.2, 0.25) is 0 Å². The van der Waals surface area contributed by atoms with Gasteiger partial charge in [0.15, 0.2) is 0 Å². The maximum Gasteiger partial charge on any atom is 0.271 e. The molecule has 3 aromatic carbocycles. The summed E-state index contributed by atoms with van der Waals surface area (Å²) in [6, 6.07) is 24.6. The van der Waals surface area contributed by atoms with Crippen molar-refractivity contribution in [2.45, 2.75) is 9.79 Å². The number of nitrogens with one attached hydrogen (secondary N) is 2. The molecule has 0 atom stereocenters. The number of hydrogen-bond donors (Lipinski definition) is 2. The highest BCUT2D eigenvalue weighted by Gasteiger charge is 2.13. The van der Waals surface area contributed by atoms with E-state index in [-0.39, 0.29) is 11.3 Å². The second-order valence-electron chi connectivity index (χ2n) is 5.99. The van der Waals surface area contributed by atoms with E-state index in [9.17, 15) is 20.2 Å². The molecule has 3 aromatic rings. The van der Waals surface area contributed by atoms with Crippen LogP contribution < -0.4 is 10.6 Å². The van der Waals surface area contributed by atoms with Gasteiger partial charge < -0.3 is 10.6 Å². The van der Waals surface area contributed by atoms with Crippen LogP contribution in [0.1, 0.15) is 0 Å². The first-order valence-electron chi connectivity index (χ1n) is 8.81. The number of nitro groups is 1. The first kappa shape index (κ1) is 20.6. The summed E-state index contributed by atoms with van der Waals surface area (Å²) in [5, 5.41) is 25.7. The standard InChI is InChI=1S/C22H16N4O3S/c23-14-16(15-24-17-7-6-8-18(13-17)26(28)29)22(27)25-20-11-4-5-12-21(20)30-19-9-2-1-3-10-19/h1-13,15,24H,(H,25,27)/b16-15-. The van der Waals surface area contributed by atoms with Gasteiger partial charge >= 0.3 is 0 Å². The van der Waals surface area contributed by atoms with Crippen LogP contribution in [-0.4, -0.2) is 10.8 Å². The molecule has 0 aliphatic carbocycles. The molecule has 30 heavy (non-hydrogen) atoms. The van der Waals surface area contributed by atoms with Crippen LogP contribution >= 0.6 is 11.8 Å². The molecule has 0 unspecified atom stereocenters. The van der Waals surface area contributed by atoms with Gasteiger partial charge in [-0.25, -0.2) is 0 Å². The molecular weight excluding hydrogens is 400 g/mol. The third-order valence-corrected chi connectivity index (χ3v) is 5.00. The van der Waals surface area contributed by atoms with Crippen molar-refractivity contribution in [1.82, 2.24) is 0 Å². The van der Waals surface area contributed by atoms with Crippen LogP contribution in [0.25, 0.3) is 0 Å². The Labute approximate surface area is 177 Å². The number of hydrogen-bond acceptors (Lipinski definition) is 6. The smallest absolute Gasteiger partial charge is 0.271 e. The Kier molecular flexibility index (Phi) is 6.82. The van der Waals surface area contributed by atoms with E-state index in [0.717, 1.165) is 9.79 Å². The van der Waals surface area contributed by atoms with Gasteiger partial charge in [0.1, 0.15) is 11.6 Å². The van der Waals surface area contributed by atoms with Gasteiger partial charge in [-0.15, -0.1) is 0 Å². The second kappa shape index (κ2) is 9.91. The van der Waals surface area contributed by atoms with Gasteiger partial charge in [0.05, 0.1) is 10.6 Å². The summed E-state index contributed by atoms with van der Waals surface area (Å²) >= 11 is 1.49. The number of carbonyl (C=O) groups is 1. The van der Waals surface area contributed by atoms with Gasteiger partial charge in [0.25, 0.3) is 11.6 Å². The Bertz CT molecular complexity index is 1140. The molecule has 148 valence electrons. The first-order valence-corrected chi connectivity index (χ1v) is 9.63. The topological polar surface area (TPSA) is 108 Å². The minimum atomic E-state index is -0.587. The molecule has 0 fully saturated rings. The lowest BCUT2D eigenvalue weighted by molar-refractivity contribution is -0.384. The lowest BCUT2D eigenvalue weighted by Crippen LogP contribution is -2.15. The van der Waals surface area contributed by atoms with Crippen LogP contribution in [0.5, 0.6) is 0 Å². The third kappa shape index (κ3) is 5.47. The maximum atomic E-state index is 12.6.